The van der Waals surface area contributed by atoms with Crippen molar-refractivity contribution in [2.75, 3.05) is 0 Å². The topological polar surface area (TPSA) is 0 Å². The van der Waals surface area contributed by atoms with Gasteiger partial charge in [-0.2, -0.15) is 0 Å². The summed E-state index contributed by atoms with van der Waals surface area (Å²) < 4.78 is 0. The van der Waals surface area contributed by atoms with E-state index in [2.05, 4.69) is 77.9 Å². The van der Waals surface area contributed by atoms with Crippen LogP contribution in [0.3, 0.4) is 0 Å². The molecule has 0 bridgehead atoms. The van der Waals surface area contributed by atoms with Gasteiger partial charge in [0.1, 0.15) is 0 Å². The Morgan fingerprint density at radius 2 is 0.606 bits per heavy atom. The zero-order chi connectivity index (χ0) is 22.8. The van der Waals surface area contributed by atoms with Gasteiger partial charge >= 0.3 is 0 Å². The summed E-state index contributed by atoms with van der Waals surface area (Å²) in [6, 6.07) is 14.8. The monoisotopic (exact) mass is 426 g/mol. The number of aryl methyl sites for hydroxylation is 6. The highest BCUT2D eigenvalue weighted by atomic mass is 14.4. The third kappa shape index (κ3) is 2.42. The van der Waals surface area contributed by atoms with Crippen LogP contribution in [0.1, 0.15) is 66.8 Å². The van der Waals surface area contributed by atoms with Crippen molar-refractivity contribution in [3.05, 3.63) is 103 Å². The molecule has 0 aromatic heterocycles. The fourth-order valence-electron chi connectivity index (χ4n) is 6.76. The third-order valence-corrected chi connectivity index (χ3v) is 8.88. The maximum absolute atomic E-state index is 2.47. The van der Waals surface area contributed by atoms with Gasteiger partial charge in [-0.05, 0) is 161 Å². The van der Waals surface area contributed by atoms with E-state index in [9.17, 15) is 0 Å². The van der Waals surface area contributed by atoms with Gasteiger partial charge in [0.25, 0.3) is 0 Å². The standard InChI is InChI=1S/C33H30/c1-16-7-22-13-28-31(25(22)10-19(16)4)29-14-23-8-17(2)21(6)12-27(23)33(29)30-15-24-9-18(3)20(5)11-26(24)32(28)30/h7-12H,13-15H2,1-6H3. The molecule has 3 aliphatic rings. The molecule has 0 unspecified atom stereocenters. The van der Waals surface area contributed by atoms with Crippen LogP contribution in [-0.4, -0.2) is 0 Å². The quantitative estimate of drug-likeness (QED) is 0.229. The second kappa shape index (κ2) is 6.26. The molecule has 0 heteroatoms. The van der Waals surface area contributed by atoms with E-state index in [0.29, 0.717) is 0 Å². The van der Waals surface area contributed by atoms with E-state index in [1.165, 1.54) is 66.8 Å². The lowest BCUT2D eigenvalue weighted by Crippen LogP contribution is -1.97. The van der Waals surface area contributed by atoms with Gasteiger partial charge < -0.3 is 0 Å². The minimum Gasteiger partial charge on any atom is -0.0549 e. The first-order chi connectivity index (χ1) is 15.8. The van der Waals surface area contributed by atoms with E-state index < -0.39 is 0 Å². The molecule has 0 saturated heterocycles. The lowest BCUT2D eigenvalue weighted by atomic mass is 9.86. The predicted octanol–water partition coefficient (Wildman–Crippen LogP) is 8.25. The minimum atomic E-state index is 1.07. The van der Waals surface area contributed by atoms with Crippen LogP contribution in [-0.2, 0) is 19.3 Å². The molecular formula is C33H30. The summed E-state index contributed by atoms with van der Waals surface area (Å²) in [4.78, 5) is 0. The van der Waals surface area contributed by atoms with Crippen LogP contribution < -0.4 is 0 Å². The lowest BCUT2D eigenvalue weighted by molar-refractivity contribution is 1.20. The van der Waals surface area contributed by atoms with Crippen LogP contribution in [0.4, 0.5) is 0 Å². The van der Waals surface area contributed by atoms with Crippen molar-refractivity contribution in [3.8, 4) is 33.4 Å². The predicted molar refractivity (Wildman–Crippen MR) is 140 cm³/mol. The molecule has 0 spiro atoms. The molecular weight excluding hydrogens is 396 g/mol. The molecule has 0 radical (unpaired) electrons. The zero-order valence-electron chi connectivity index (χ0n) is 20.6. The molecule has 0 fully saturated rings. The Labute approximate surface area is 197 Å². The SMILES string of the molecule is Cc1cc2c(cc1C)-c1c(c3c(c4c1Cc1cc(C)c(C)cc1-4)Cc1cc(C)c(C)cc1-3)C2. The van der Waals surface area contributed by atoms with Crippen molar-refractivity contribution in [2.24, 2.45) is 0 Å². The summed E-state index contributed by atoms with van der Waals surface area (Å²) in [6.45, 7) is 13.6. The van der Waals surface area contributed by atoms with E-state index in [-0.39, 0.29) is 0 Å². The van der Waals surface area contributed by atoms with Gasteiger partial charge in [-0.25, -0.2) is 0 Å². The molecule has 4 aromatic carbocycles. The number of hydrogen-bond donors (Lipinski definition) is 0. The summed E-state index contributed by atoms with van der Waals surface area (Å²) in [6.07, 6.45) is 3.21. The fraction of sp³-hybridized carbons (Fsp3) is 0.273. The Kier molecular flexibility index (Phi) is 3.67. The Morgan fingerprint density at radius 3 is 0.879 bits per heavy atom. The molecule has 0 aliphatic heterocycles. The van der Waals surface area contributed by atoms with Crippen LogP contribution in [0.2, 0.25) is 0 Å². The molecule has 0 N–H and O–H groups in total. The Bertz CT molecular complexity index is 1370. The Morgan fingerprint density at radius 1 is 0.364 bits per heavy atom. The van der Waals surface area contributed by atoms with Crippen molar-refractivity contribution in [1.29, 1.82) is 0 Å². The van der Waals surface area contributed by atoms with Gasteiger partial charge in [-0.15, -0.1) is 0 Å². The molecule has 4 aromatic rings. The van der Waals surface area contributed by atoms with Crippen LogP contribution >= 0.6 is 0 Å². The molecule has 3 aliphatic carbocycles. The van der Waals surface area contributed by atoms with Crippen molar-refractivity contribution in [3.63, 3.8) is 0 Å². The maximum atomic E-state index is 2.47. The van der Waals surface area contributed by atoms with E-state index in [0.717, 1.165) is 19.3 Å². The highest BCUT2D eigenvalue weighted by Gasteiger charge is 2.37. The minimum absolute atomic E-state index is 1.07. The summed E-state index contributed by atoms with van der Waals surface area (Å²) in [5.41, 5.74) is 26.9. The first kappa shape index (κ1) is 19.4. The zero-order valence-corrected chi connectivity index (χ0v) is 20.6. The van der Waals surface area contributed by atoms with Crippen LogP contribution in [0.5, 0.6) is 0 Å². The van der Waals surface area contributed by atoms with E-state index >= 15 is 0 Å². The molecule has 0 saturated carbocycles. The first-order valence-corrected chi connectivity index (χ1v) is 12.3. The summed E-state index contributed by atoms with van der Waals surface area (Å²) in [7, 11) is 0. The third-order valence-electron chi connectivity index (χ3n) is 8.88. The molecule has 0 amide bonds. The number of benzene rings is 4. The Balaban J connectivity index is 1.62. The molecule has 0 atom stereocenters. The summed E-state index contributed by atoms with van der Waals surface area (Å²) in [5, 5.41) is 0. The maximum Gasteiger partial charge on any atom is -0.000696 e. The summed E-state index contributed by atoms with van der Waals surface area (Å²) >= 11 is 0. The van der Waals surface area contributed by atoms with Gasteiger partial charge in [-0.3, -0.25) is 0 Å². The molecule has 0 heterocycles. The van der Waals surface area contributed by atoms with Gasteiger partial charge in [0.05, 0.1) is 0 Å². The number of rotatable bonds is 0. The van der Waals surface area contributed by atoms with Gasteiger partial charge in [0.2, 0.25) is 0 Å². The first-order valence-electron chi connectivity index (χ1n) is 12.3. The van der Waals surface area contributed by atoms with E-state index in [4.69, 9.17) is 0 Å². The van der Waals surface area contributed by atoms with Crippen LogP contribution in [0.15, 0.2) is 36.4 Å². The highest BCUT2D eigenvalue weighted by molar-refractivity contribution is 6.00. The molecule has 33 heavy (non-hydrogen) atoms. The van der Waals surface area contributed by atoms with Crippen molar-refractivity contribution < 1.29 is 0 Å². The average molecular weight is 427 g/mol. The van der Waals surface area contributed by atoms with Gasteiger partial charge in [0, 0.05) is 0 Å². The lowest BCUT2D eigenvalue weighted by Gasteiger charge is -2.17. The van der Waals surface area contributed by atoms with E-state index in [1.54, 1.807) is 33.4 Å². The smallest absolute Gasteiger partial charge is 0.000696 e. The van der Waals surface area contributed by atoms with Gasteiger partial charge in [0.15, 0.2) is 0 Å². The van der Waals surface area contributed by atoms with E-state index in [1.807, 2.05) is 0 Å². The highest BCUT2D eigenvalue weighted by Crippen LogP contribution is 2.57. The number of fused-ring (bicyclic) bond motifs is 12. The fourth-order valence-corrected chi connectivity index (χ4v) is 6.76. The van der Waals surface area contributed by atoms with Crippen LogP contribution in [0, 0.1) is 41.5 Å². The van der Waals surface area contributed by atoms with Gasteiger partial charge in [-0.1, -0.05) is 36.4 Å². The molecule has 7 rings (SSSR count). The largest absolute Gasteiger partial charge is 0.0549 e. The average Bonchev–Trinajstić information content (AvgIpc) is 3.41. The second-order valence-corrected chi connectivity index (χ2v) is 10.9. The normalized spacial score (nSPS) is 14.0. The van der Waals surface area contributed by atoms with Crippen molar-refractivity contribution in [2.45, 2.75) is 60.8 Å². The molecule has 0 nitrogen and oxygen atoms in total. The number of hydrogen-bond acceptors (Lipinski definition) is 0. The molecule has 162 valence electrons. The summed E-state index contributed by atoms with van der Waals surface area (Å²) in [5.74, 6) is 0. The van der Waals surface area contributed by atoms with Crippen molar-refractivity contribution in [1.82, 2.24) is 0 Å². The Hall–Kier alpha value is -3.12. The van der Waals surface area contributed by atoms with Crippen LogP contribution in [0.25, 0.3) is 33.4 Å². The van der Waals surface area contributed by atoms with Crippen molar-refractivity contribution >= 4 is 0 Å². The second-order valence-electron chi connectivity index (χ2n) is 10.9.